The zero-order valence-electron chi connectivity index (χ0n) is 17.5. The lowest BCUT2D eigenvalue weighted by Gasteiger charge is -2.40. The van der Waals surface area contributed by atoms with Gasteiger partial charge in [0, 0.05) is 11.9 Å². The first-order chi connectivity index (χ1) is 12.8. The minimum atomic E-state index is -2.41. The lowest BCUT2D eigenvalue weighted by Crippen LogP contribution is -2.47. The Balaban J connectivity index is 3.45. The molecule has 0 aliphatic carbocycles. The van der Waals surface area contributed by atoms with E-state index in [2.05, 4.69) is 0 Å². The summed E-state index contributed by atoms with van der Waals surface area (Å²) in [6, 6.07) is 6.68. The van der Waals surface area contributed by atoms with E-state index >= 15 is 0 Å². The molecule has 0 fully saturated rings. The molecule has 0 saturated heterocycles. The van der Waals surface area contributed by atoms with Gasteiger partial charge in [0.25, 0.3) is 5.78 Å². The van der Waals surface area contributed by atoms with Crippen LogP contribution < -0.4 is 0 Å². The number of benzene rings is 1. The standard InChI is InChI=1S/C20H29ClO6Si/c1-8-25-19(24)16(23)18(26-13(2)22)17(14-9-11-15(21)12-10-14)27-28(6,7)20(3,4)5/h9-12,17-18H,8H2,1-7H3/t17-,18?/m1/s1. The third-order valence-electron chi connectivity index (χ3n) is 4.73. The Morgan fingerprint density at radius 1 is 1.11 bits per heavy atom. The molecule has 0 aliphatic heterocycles. The summed E-state index contributed by atoms with van der Waals surface area (Å²) >= 11 is 5.98. The van der Waals surface area contributed by atoms with Crippen LogP contribution >= 0.6 is 11.6 Å². The normalized spacial score (nSPS) is 14.1. The summed E-state index contributed by atoms with van der Waals surface area (Å²) in [5.74, 6) is -2.72. The van der Waals surface area contributed by atoms with Crippen LogP contribution in [0, 0.1) is 0 Å². The molecular formula is C20H29ClO6Si. The maximum absolute atomic E-state index is 12.7. The van der Waals surface area contributed by atoms with Crippen molar-refractivity contribution in [1.82, 2.24) is 0 Å². The van der Waals surface area contributed by atoms with Crippen LogP contribution in [0.25, 0.3) is 0 Å². The molecule has 0 N–H and O–H groups in total. The molecular weight excluding hydrogens is 400 g/mol. The van der Waals surface area contributed by atoms with Gasteiger partial charge < -0.3 is 13.9 Å². The van der Waals surface area contributed by atoms with Crippen LogP contribution in [0.2, 0.25) is 23.2 Å². The smallest absolute Gasteiger partial charge is 0.378 e. The number of halogens is 1. The fourth-order valence-corrected chi connectivity index (χ4v) is 3.58. The topological polar surface area (TPSA) is 78.9 Å². The number of ketones is 1. The number of hydrogen-bond acceptors (Lipinski definition) is 6. The summed E-state index contributed by atoms with van der Waals surface area (Å²) in [5.41, 5.74) is 0.582. The van der Waals surface area contributed by atoms with Gasteiger partial charge in [-0.25, -0.2) is 4.79 Å². The van der Waals surface area contributed by atoms with Gasteiger partial charge in [-0.15, -0.1) is 0 Å². The maximum atomic E-state index is 12.7. The lowest BCUT2D eigenvalue weighted by atomic mass is 10.0. The molecule has 0 saturated carbocycles. The monoisotopic (exact) mass is 428 g/mol. The molecule has 0 spiro atoms. The highest BCUT2D eigenvalue weighted by Gasteiger charge is 2.45. The molecule has 8 heteroatoms. The fraction of sp³-hybridized carbons (Fsp3) is 0.550. The van der Waals surface area contributed by atoms with Crippen molar-refractivity contribution in [3.63, 3.8) is 0 Å². The van der Waals surface area contributed by atoms with E-state index in [1.165, 1.54) is 6.92 Å². The molecule has 0 heterocycles. The largest absolute Gasteiger partial charge is 0.460 e. The highest BCUT2D eigenvalue weighted by atomic mass is 35.5. The molecule has 0 amide bonds. The minimum Gasteiger partial charge on any atom is -0.460 e. The number of rotatable bonds is 8. The number of carbonyl (C=O) groups excluding carboxylic acids is 3. The van der Waals surface area contributed by atoms with Crippen LogP contribution in [0.3, 0.4) is 0 Å². The predicted octanol–water partition coefficient (Wildman–Crippen LogP) is 4.47. The van der Waals surface area contributed by atoms with Crippen LogP contribution in [0.15, 0.2) is 24.3 Å². The van der Waals surface area contributed by atoms with Gasteiger partial charge in [0.2, 0.25) is 6.10 Å². The first kappa shape index (κ1) is 24.3. The van der Waals surface area contributed by atoms with Gasteiger partial charge in [0.1, 0.15) is 6.10 Å². The van der Waals surface area contributed by atoms with E-state index in [-0.39, 0.29) is 11.6 Å². The van der Waals surface area contributed by atoms with Gasteiger partial charge in [0.05, 0.1) is 6.61 Å². The molecule has 6 nitrogen and oxygen atoms in total. The highest BCUT2D eigenvalue weighted by molar-refractivity contribution is 6.74. The molecule has 0 radical (unpaired) electrons. The number of Topliss-reactive ketones (excluding diaryl/α,β-unsaturated/α-hetero) is 1. The van der Waals surface area contributed by atoms with Crippen LogP contribution in [0.5, 0.6) is 0 Å². The zero-order chi connectivity index (χ0) is 21.7. The van der Waals surface area contributed by atoms with E-state index in [4.69, 9.17) is 25.5 Å². The van der Waals surface area contributed by atoms with Gasteiger partial charge in [-0.3, -0.25) is 9.59 Å². The molecule has 156 valence electrons. The summed E-state index contributed by atoms with van der Waals surface area (Å²) < 4.78 is 16.5. The summed E-state index contributed by atoms with van der Waals surface area (Å²) in [6.45, 7) is 13.0. The molecule has 28 heavy (non-hydrogen) atoms. The zero-order valence-corrected chi connectivity index (χ0v) is 19.3. The number of hydrogen-bond donors (Lipinski definition) is 0. The van der Waals surface area contributed by atoms with Crippen molar-refractivity contribution >= 4 is 37.6 Å². The molecule has 1 rings (SSSR count). The summed E-state index contributed by atoms with van der Waals surface area (Å²) in [5, 5.41) is 0.335. The van der Waals surface area contributed by atoms with Gasteiger partial charge in [-0.05, 0) is 42.8 Å². The van der Waals surface area contributed by atoms with E-state index in [0.29, 0.717) is 10.6 Å². The molecule has 2 atom stereocenters. The minimum absolute atomic E-state index is 0.0338. The van der Waals surface area contributed by atoms with Gasteiger partial charge in [-0.1, -0.05) is 44.5 Å². The van der Waals surface area contributed by atoms with Crippen molar-refractivity contribution in [3.8, 4) is 0 Å². The van der Waals surface area contributed by atoms with Crippen molar-refractivity contribution in [3.05, 3.63) is 34.9 Å². The Morgan fingerprint density at radius 3 is 2.07 bits per heavy atom. The van der Waals surface area contributed by atoms with E-state index in [1.807, 2.05) is 33.9 Å². The molecule has 0 aromatic heterocycles. The second-order valence-corrected chi connectivity index (χ2v) is 13.2. The van der Waals surface area contributed by atoms with Gasteiger partial charge >= 0.3 is 11.9 Å². The van der Waals surface area contributed by atoms with E-state index in [0.717, 1.165) is 0 Å². The second-order valence-electron chi connectivity index (χ2n) is 7.97. The van der Waals surface area contributed by atoms with Crippen molar-refractivity contribution < 1.29 is 28.3 Å². The molecule has 1 aromatic rings. The number of carbonyl (C=O) groups is 3. The quantitative estimate of drug-likeness (QED) is 0.345. The Bertz CT molecular complexity index is 708. The molecule has 1 aromatic carbocycles. The first-order valence-corrected chi connectivity index (χ1v) is 12.4. The first-order valence-electron chi connectivity index (χ1n) is 9.11. The van der Waals surface area contributed by atoms with Crippen LogP contribution in [-0.2, 0) is 28.3 Å². The Kier molecular flexibility index (Phi) is 8.40. The third kappa shape index (κ3) is 6.43. The molecule has 0 aliphatic rings. The third-order valence-corrected chi connectivity index (χ3v) is 9.44. The predicted molar refractivity (Wildman–Crippen MR) is 110 cm³/mol. The average Bonchev–Trinajstić information content (AvgIpc) is 2.57. The van der Waals surface area contributed by atoms with Crippen molar-refractivity contribution in [1.29, 1.82) is 0 Å². The SMILES string of the molecule is CCOC(=O)C(=O)C(OC(C)=O)[C@H](O[Si](C)(C)C(C)(C)C)c1ccc(Cl)cc1. The summed E-state index contributed by atoms with van der Waals surface area (Å²) in [6.07, 6.45) is -2.41. The van der Waals surface area contributed by atoms with E-state index in [1.54, 1.807) is 31.2 Å². The average molecular weight is 429 g/mol. The summed E-state index contributed by atoms with van der Waals surface area (Å²) in [7, 11) is -2.41. The highest BCUT2D eigenvalue weighted by Crippen LogP contribution is 2.41. The van der Waals surface area contributed by atoms with Crippen molar-refractivity contribution in [2.45, 2.75) is 65.0 Å². The molecule has 1 unspecified atom stereocenters. The number of esters is 2. The Morgan fingerprint density at radius 2 is 1.64 bits per heavy atom. The van der Waals surface area contributed by atoms with Crippen LogP contribution in [-0.4, -0.2) is 38.8 Å². The van der Waals surface area contributed by atoms with Gasteiger partial charge in [0.15, 0.2) is 8.32 Å². The van der Waals surface area contributed by atoms with Gasteiger partial charge in [-0.2, -0.15) is 0 Å². The van der Waals surface area contributed by atoms with E-state index < -0.39 is 38.2 Å². The molecule has 0 bridgehead atoms. The second kappa shape index (κ2) is 9.67. The maximum Gasteiger partial charge on any atom is 0.378 e. The van der Waals surface area contributed by atoms with Crippen LogP contribution in [0.1, 0.15) is 46.3 Å². The number of ether oxygens (including phenoxy) is 2. The van der Waals surface area contributed by atoms with Crippen LogP contribution in [0.4, 0.5) is 0 Å². The van der Waals surface area contributed by atoms with Crippen molar-refractivity contribution in [2.75, 3.05) is 6.61 Å². The fourth-order valence-electron chi connectivity index (χ4n) is 2.20. The van der Waals surface area contributed by atoms with E-state index in [9.17, 15) is 14.4 Å². The summed E-state index contributed by atoms with van der Waals surface area (Å²) in [4.78, 5) is 36.5. The Hall–Kier alpha value is -1.70. The lowest BCUT2D eigenvalue weighted by molar-refractivity contribution is -0.168. The Labute approximate surface area is 172 Å². The van der Waals surface area contributed by atoms with Crippen molar-refractivity contribution in [2.24, 2.45) is 0 Å².